The largest absolute Gasteiger partial charge is 0.573 e. The lowest BCUT2D eigenvalue weighted by molar-refractivity contribution is -0.275. The first-order chi connectivity index (χ1) is 9.37. The van der Waals surface area contributed by atoms with E-state index in [4.69, 9.17) is 0 Å². The minimum atomic E-state index is -4.87. The summed E-state index contributed by atoms with van der Waals surface area (Å²) in [6, 6.07) is 7.39. The fourth-order valence-corrected chi connectivity index (χ4v) is 1.63. The Morgan fingerprint density at radius 2 is 1.80 bits per heavy atom. The molecule has 0 bridgehead atoms. The molecule has 1 N–H and O–H groups in total. The average Bonchev–Trinajstić information content (AvgIpc) is 2.37. The molecule has 20 heavy (non-hydrogen) atoms. The number of ether oxygens (including phenoxy) is 1. The third-order valence-electron chi connectivity index (χ3n) is 2.47. The Balaban J connectivity index is 2.34. The molecule has 0 saturated carbocycles. The zero-order chi connectivity index (χ0) is 14.8. The number of aliphatic hydroxyl groups is 1. The van der Waals surface area contributed by atoms with Gasteiger partial charge < -0.3 is 9.84 Å². The second-order valence-corrected chi connectivity index (χ2v) is 3.89. The summed E-state index contributed by atoms with van der Waals surface area (Å²) in [4.78, 5) is 3.63. The maximum atomic E-state index is 12.7. The monoisotopic (exact) mass is 287 g/mol. The van der Waals surface area contributed by atoms with Crippen LogP contribution >= 0.6 is 0 Å². The minimum Gasteiger partial charge on any atom is -0.405 e. The highest BCUT2D eigenvalue weighted by Crippen LogP contribution is 2.32. The summed E-state index contributed by atoms with van der Waals surface area (Å²) < 4.78 is 53.4. The summed E-state index contributed by atoms with van der Waals surface area (Å²) in [7, 11) is 0. The van der Waals surface area contributed by atoms with Crippen LogP contribution in [-0.4, -0.2) is 16.5 Å². The molecule has 3 nitrogen and oxygen atoms in total. The molecule has 7 heteroatoms. The van der Waals surface area contributed by atoms with Crippen LogP contribution in [0.2, 0.25) is 0 Å². The third-order valence-corrected chi connectivity index (χ3v) is 2.47. The molecule has 1 aromatic heterocycles. The van der Waals surface area contributed by atoms with E-state index >= 15 is 0 Å². The molecule has 0 fully saturated rings. The Hall–Kier alpha value is -2.15. The number of nitrogens with zero attached hydrogens (tertiary/aromatic N) is 1. The SMILES string of the molecule is OC(c1ccc(F)cn1)c1ccccc1OC(F)(F)F. The van der Waals surface area contributed by atoms with Crippen LogP contribution in [0.3, 0.4) is 0 Å². The van der Waals surface area contributed by atoms with Gasteiger partial charge in [0.05, 0.1) is 11.9 Å². The van der Waals surface area contributed by atoms with E-state index in [1.54, 1.807) is 0 Å². The van der Waals surface area contributed by atoms with E-state index < -0.39 is 24.0 Å². The Kier molecular flexibility index (Phi) is 3.89. The van der Waals surface area contributed by atoms with E-state index in [1.807, 2.05) is 0 Å². The number of hydrogen-bond acceptors (Lipinski definition) is 3. The van der Waals surface area contributed by atoms with E-state index in [1.165, 1.54) is 24.3 Å². The number of aromatic nitrogens is 1. The van der Waals surface area contributed by atoms with Crippen molar-refractivity contribution in [3.05, 3.63) is 59.7 Å². The Morgan fingerprint density at radius 3 is 2.40 bits per heavy atom. The zero-order valence-corrected chi connectivity index (χ0v) is 9.93. The zero-order valence-electron chi connectivity index (χ0n) is 9.93. The summed E-state index contributed by atoms with van der Waals surface area (Å²) in [5.41, 5.74) is -0.0893. The molecule has 0 spiro atoms. The first-order valence-corrected chi connectivity index (χ1v) is 5.51. The molecule has 2 rings (SSSR count). The fraction of sp³-hybridized carbons (Fsp3) is 0.154. The van der Waals surface area contributed by atoms with Gasteiger partial charge in [0, 0.05) is 5.56 Å². The van der Waals surface area contributed by atoms with Crippen molar-refractivity contribution in [2.45, 2.75) is 12.5 Å². The lowest BCUT2D eigenvalue weighted by Crippen LogP contribution is -2.19. The van der Waals surface area contributed by atoms with Gasteiger partial charge in [0.15, 0.2) is 0 Å². The molecule has 0 radical (unpaired) electrons. The van der Waals surface area contributed by atoms with Crippen LogP contribution in [0.4, 0.5) is 17.6 Å². The van der Waals surface area contributed by atoms with Crippen LogP contribution in [0, 0.1) is 5.82 Å². The van der Waals surface area contributed by atoms with Gasteiger partial charge in [-0.15, -0.1) is 13.2 Å². The van der Waals surface area contributed by atoms with Crippen LogP contribution in [0.1, 0.15) is 17.4 Å². The van der Waals surface area contributed by atoms with E-state index in [9.17, 15) is 22.7 Å². The van der Waals surface area contributed by atoms with Crippen LogP contribution in [0.25, 0.3) is 0 Å². The van der Waals surface area contributed by atoms with Crippen LogP contribution in [0.15, 0.2) is 42.6 Å². The van der Waals surface area contributed by atoms with Crippen molar-refractivity contribution in [2.75, 3.05) is 0 Å². The maximum absolute atomic E-state index is 12.7. The molecule has 1 aromatic carbocycles. The summed E-state index contributed by atoms with van der Waals surface area (Å²) in [6.45, 7) is 0. The molecule has 0 aliphatic carbocycles. The molecular weight excluding hydrogens is 278 g/mol. The molecule has 0 amide bonds. The highest BCUT2D eigenvalue weighted by Gasteiger charge is 2.33. The van der Waals surface area contributed by atoms with Crippen molar-refractivity contribution in [1.29, 1.82) is 0 Å². The van der Waals surface area contributed by atoms with Gasteiger partial charge in [0.25, 0.3) is 0 Å². The number of alkyl halides is 3. The molecule has 2 aromatic rings. The van der Waals surface area contributed by atoms with Gasteiger partial charge in [-0.2, -0.15) is 0 Å². The Bertz CT molecular complexity index is 584. The summed E-state index contributed by atoms with van der Waals surface area (Å²) in [5, 5.41) is 10.0. The van der Waals surface area contributed by atoms with Gasteiger partial charge in [-0.1, -0.05) is 18.2 Å². The quantitative estimate of drug-likeness (QED) is 0.881. The molecule has 0 saturated heterocycles. The van der Waals surface area contributed by atoms with E-state index in [0.29, 0.717) is 0 Å². The second-order valence-electron chi connectivity index (χ2n) is 3.89. The van der Waals surface area contributed by atoms with Crippen LogP contribution < -0.4 is 4.74 Å². The van der Waals surface area contributed by atoms with E-state index in [0.717, 1.165) is 18.3 Å². The normalized spacial score (nSPS) is 13.1. The predicted octanol–water partition coefficient (Wildman–Crippen LogP) is 3.20. The smallest absolute Gasteiger partial charge is 0.405 e. The molecule has 1 atom stereocenters. The molecule has 1 unspecified atom stereocenters. The van der Waals surface area contributed by atoms with Gasteiger partial charge >= 0.3 is 6.36 Å². The lowest BCUT2D eigenvalue weighted by atomic mass is 10.0. The lowest BCUT2D eigenvalue weighted by Gasteiger charge is -2.16. The number of benzene rings is 1. The molecular formula is C13H9F4NO2. The first kappa shape index (κ1) is 14.3. The summed E-state index contributed by atoms with van der Waals surface area (Å²) >= 11 is 0. The fourth-order valence-electron chi connectivity index (χ4n) is 1.63. The molecule has 0 aliphatic rings. The van der Waals surface area contributed by atoms with Gasteiger partial charge in [0.1, 0.15) is 17.7 Å². The van der Waals surface area contributed by atoms with Crippen molar-refractivity contribution in [1.82, 2.24) is 4.98 Å². The summed E-state index contributed by atoms with van der Waals surface area (Å²) in [6.07, 6.45) is -5.45. The van der Waals surface area contributed by atoms with Crippen molar-refractivity contribution in [3.63, 3.8) is 0 Å². The van der Waals surface area contributed by atoms with Gasteiger partial charge in [0.2, 0.25) is 0 Å². The summed E-state index contributed by atoms with van der Waals surface area (Å²) in [5.74, 6) is -1.14. The van der Waals surface area contributed by atoms with E-state index in [2.05, 4.69) is 9.72 Å². The van der Waals surface area contributed by atoms with Crippen molar-refractivity contribution >= 4 is 0 Å². The second kappa shape index (κ2) is 5.46. The molecule has 1 heterocycles. The highest BCUT2D eigenvalue weighted by molar-refractivity contribution is 5.38. The van der Waals surface area contributed by atoms with E-state index in [-0.39, 0.29) is 11.3 Å². The van der Waals surface area contributed by atoms with Crippen molar-refractivity contribution < 1.29 is 27.4 Å². The molecule has 106 valence electrons. The Morgan fingerprint density at radius 1 is 1.10 bits per heavy atom. The van der Waals surface area contributed by atoms with Crippen LogP contribution in [-0.2, 0) is 0 Å². The van der Waals surface area contributed by atoms with Crippen molar-refractivity contribution in [3.8, 4) is 5.75 Å². The van der Waals surface area contributed by atoms with Crippen molar-refractivity contribution in [2.24, 2.45) is 0 Å². The Labute approximate surface area is 111 Å². The van der Waals surface area contributed by atoms with Crippen LogP contribution in [0.5, 0.6) is 5.75 Å². The number of rotatable bonds is 3. The van der Waals surface area contributed by atoms with Gasteiger partial charge in [-0.25, -0.2) is 4.39 Å². The number of para-hydroxylation sites is 1. The minimum absolute atomic E-state index is 0.0182. The topological polar surface area (TPSA) is 42.4 Å². The molecule has 0 aliphatic heterocycles. The number of hydrogen-bond donors (Lipinski definition) is 1. The highest BCUT2D eigenvalue weighted by atomic mass is 19.4. The number of aliphatic hydroxyl groups excluding tert-OH is 1. The maximum Gasteiger partial charge on any atom is 0.573 e. The number of halogens is 4. The first-order valence-electron chi connectivity index (χ1n) is 5.51. The third kappa shape index (κ3) is 3.45. The van der Waals surface area contributed by atoms with Gasteiger partial charge in [-0.3, -0.25) is 4.98 Å². The average molecular weight is 287 g/mol. The number of pyridine rings is 1. The standard InChI is InChI=1S/C13H9F4NO2/c14-8-5-6-10(18-7-8)12(19)9-3-1-2-4-11(9)20-13(15,16)17/h1-7,12,19H. The van der Waals surface area contributed by atoms with Gasteiger partial charge in [-0.05, 0) is 18.2 Å². The predicted molar refractivity (Wildman–Crippen MR) is 61.4 cm³/mol.